The number of para-hydroxylation sites is 3. The highest BCUT2D eigenvalue weighted by Gasteiger charge is 2.24. The molecule has 1 amide bonds. The van der Waals surface area contributed by atoms with Crippen LogP contribution in [0.2, 0.25) is 0 Å². The normalized spacial score (nSPS) is 11.9. The molecule has 0 unspecified atom stereocenters. The van der Waals surface area contributed by atoms with Crippen molar-refractivity contribution in [2.75, 3.05) is 5.32 Å². The number of aryl methyl sites for hydroxylation is 2. The maximum Gasteiger partial charge on any atom is 0.278 e. The van der Waals surface area contributed by atoms with E-state index in [1.807, 2.05) is 44.2 Å². The third kappa shape index (κ3) is 4.20. The molecular weight excluding hydrogens is 414 g/mol. The highest BCUT2D eigenvalue weighted by atomic mass is 16.2. The monoisotopic (exact) mass is 439 g/mol. The minimum absolute atomic E-state index is 0.155. The van der Waals surface area contributed by atoms with Crippen molar-refractivity contribution in [1.82, 2.24) is 9.55 Å². The summed E-state index contributed by atoms with van der Waals surface area (Å²) in [6.45, 7) is 7.09. The lowest BCUT2D eigenvalue weighted by Crippen LogP contribution is -2.30. The summed E-state index contributed by atoms with van der Waals surface area (Å²) < 4.78 is 1.50. The zero-order valence-electron chi connectivity index (χ0n) is 19.0. The van der Waals surface area contributed by atoms with Crippen LogP contribution in [0.25, 0.3) is 22.3 Å². The van der Waals surface area contributed by atoms with Crippen molar-refractivity contribution in [3.8, 4) is 11.3 Å². The highest BCUT2D eigenvalue weighted by Crippen LogP contribution is 2.27. The van der Waals surface area contributed by atoms with E-state index < -0.39 is 11.6 Å². The van der Waals surface area contributed by atoms with Gasteiger partial charge in [0.15, 0.2) is 5.78 Å². The Morgan fingerprint density at radius 3 is 2.36 bits per heavy atom. The second-order valence-corrected chi connectivity index (χ2v) is 8.19. The van der Waals surface area contributed by atoms with Crippen LogP contribution in [0, 0.1) is 13.8 Å². The highest BCUT2D eigenvalue weighted by molar-refractivity contribution is 6.00. The van der Waals surface area contributed by atoms with Gasteiger partial charge in [-0.3, -0.25) is 19.0 Å². The Balaban J connectivity index is 1.93. The fourth-order valence-corrected chi connectivity index (χ4v) is 3.96. The molecule has 6 heteroatoms. The van der Waals surface area contributed by atoms with Gasteiger partial charge in [0.05, 0.1) is 22.8 Å². The molecule has 3 aromatic carbocycles. The van der Waals surface area contributed by atoms with Gasteiger partial charge in [0.1, 0.15) is 5.69 Å². The van der Waals surface area contributed by atoms with E-state index in [0.717, 1.165) is 11.1 Å². The molecule has 0 aliphatic rings. The minimum atomic E-state index is -0.751. The summed E-state index contributed by atoms with van der Waals surface area (Å²) in [5, 5.41) is 2.76. The predicted octanol–water partition coefficient (Wildman–Crippen LogP) is 5.08. The van der Waals surface area contributed by atoms with E-state index in [9.17, 15) is 14.4 Å². The van der Waals surface area contributed by atoms with Crippen molar-refractivity contribution in [3.63, 3.8) is 0 Å². The van der Waals surface area contributed by atoms with Crippen LogP contribution in [0.15, 0.2) is 71.5 Å². The lowest BCUT2D eigenvalue weighted by Gasteiger charge is -2.19. The van der Waals surface area contributed by atoms with Gasteiger partial charge in [-0.15, -0.1) is 0 Å². The molecule has 6 nitrogen and oxygen atoms in total. The minimum Gasteiger partial charge on any atom is -0.326 e. The van der Waals surface area contributed by atoms with Gasteiger partial charge in [-0.1, -0.05) is 42.5 Å². The van der Waals surface area contributed by atoms with E-state index in [1.165, 1.54) is 11.5 Å². The zero-order chi connectivity index (χ0) is 23.7. The average Bonchev–Trinajstić information content (AvgIpc) is 2.80. The molecule has 1 N–H and O–H groups in total. The smallest absolute Gasteiger partial charge is 0.278 e. The molecule has 4 aromatic rings. The van der Waals surface area contributed by atoms with Crippen LogP contribution in [0.5, 0.6) is 0 Å². The van der Waals surface area contributed by atoms with E-state index in [0.29, 0.717) is 27.8 Å². The summed E-state index contributed by atoms with van der Waals surface area (Å²) >= 11 is 0. The number of carbonyl (C=O) groups is 2. The molecule has 1 aromatic heterocycles. The van der Waals surface area contributed by atoms with E-state index in [1.54, 1.807) is 43.3 Å². The van der Waals surface area contributed by atoms with Gasteiger partial charge in [0.25, 0.3) is 5.56 Å². The van der Waals surface area contributed by atoms with Gasteiger partial charge in [0.2, 0.25) is 5.91 Å². The van der Waals surface area contributed by atoms with Gasteiger partial charge in [0, 0.05) is 18.1 Å². The summed E-state index contributed by atoms with van der Waals surface area (Å²) in [6, 6.07) is 19.1. The number of aromatic nitrogens is 2. The van der Waals surface area contributed by atoms with E-state index in [4.69, 9.17) is 0 Å². The molecule has 0 fully saturated rings. The molecule has 0 aliphatic heterocycles. The lowest BCUT2D eigenvalue weighted by molar-refractivity contribution is -0.114. The van der Waals surface area contributed by atoms with Gasteiger partial charge in [-0.25, -0.2) is 4.98 Å². The Bertz CT molecular complexity index is 1450. The number of carbonyl (C=O) groups excluding carboxylic acids is 2. The molecule has 1 atom stereocenters. The van der Waals surface area contributed by atoms with Gasteiger partial charge in [-0.05, 0) is 56.2 Å². The summed E-state index contributed by atoms with van der Waals surface area (Å²) in [7, 11) is 0. The molecule has 0 saturated carbocycles. The van der Waals surface area contributed by atoms with Crippen molar-refractivity contribution in [2.24, 2.45) is 0 Å². The van der Waals surface area contributed by atoms with Crippen LogP contribution in [0.3, 0.4) is 0 Å². The number of benzene rings is 3. The number of amides is 1. The second-order valence-electron chi connectivity index (χ2n) is 8.19. The van der Waals surface area contributed by atoms with E-state index in [2.05, 4.69) is 10.3 Å². The van der Waals surface area contributed by atoms with E-state index >= 15 is 0 Å². The molecule has 0 bridgehead atoms. The summed E-state index contributed by atoms with van der Waals surface area (Å²) in [6.07, 6.45) is 0. The first-order valence-corrected chi connectivity index (χ1v) is 10.8. The molecule has 1 heterocycles. The van der Waals surface area contributed by atoms with Crippen molar-refractivity contribution < 1.29 is 9.59 Å². The number of rotatable bonds is 5. The molecule has 4 rings (SSSR count). The topological polar surface area (TPSA) is 81.1 Å². The van der Waals surface area contributed by atoms with Crippen molar-refractivity contribution in [2.45, 2.75) is 33.7 Å². The lowest BCUT2D eigenvalue weighted by atomic mass is 9.99. The average molecular weight is 440 g/mol. The molecule has 166 valence electrons. The summed E-state index contributed by atoms with van der Waals surface area (Å²) in [4.78, 5) is 43.5. The number of hydrogen-bond acceptors (Lipinski definition) is 4. The van der Waals surface area contributed by atoms with Gasteiger partial charge < -0.3 is 5.32 Å². The standard InChI is InChI=1S/C27H25N3O3/c1-16-13-14-20(15-17(16)2)26(32)18(3)30-24-12-8-7-11-23(24)29-25(27(30)33)21-9-5-6-10-22(21)28-19(4)31/h5-15,18H,1-4H3,(H,28,31)/t18-/m0/s1. The third-order valence-corrected chi connectivity index (χ3v) is 5.85. The number of Topliss-reactive ketones (excluding diaryl/α,β-unsaturated/α-hetero) is 1. The maximum atomic E-state index is 13.8. The van der Waals surface area contributed by atoms with Crippen LogP contribution in [0.4, 0.5) is 5.69 Å². The number of nitrogens with zero attached hydrogens (tertiary/aromatic N) is 2. The first-order chi connectivity index (χ1) is 15.8. The van der Waals surface area contributed by atoms with E-state index in [-0.39, 0.29) is 17.4 Å². The molecule has 0 spiro atoms. The van der Waals surface area contributed by atoms with Crippen molar-refractivity contribution >= 4 is 28.4 Å². The second kappa shape index (κ2) is 8.82. The molecular formula is C27H25N3O3. The Hall–Kier alpha value is -4.06. The molecule has 0 saturated heterocycles. The van der Waals surface area contributed by atoms with Crippen LogP contribution >= 0.6 is 0 Å². The third-order valence-electron chi connectivity index (χ3n) is 5.85. The fraction of sp³-hybridized carbons (Fsp3) is 0.185. The zero-order valence-corrected chi connectivity index (χ0v) is 19.0. The van der Waals surface area contributed by atoms with Gasteiger partial charge >= 0.3 is 0 Å². The quantitative estimate of drug-likeness (QED) is 0.440. The molecule has 0 radical (unpaired) electrons. The van der Waals surface area contributed by atoms with Crippen LogP contribution in [-0.4, -0.2) is 21.2 Å². The number of hydrogen-bond donors (Lipinski definition) is 1. The van der Waals surface area contributed by atoms with Gasteiger partial charge in [-0.2, -0.15) is 0 Å². The largest absolute Gasteiger partial charge is 0.326 e. The summed E-state index contributed by atoms with van der Waals surface area (Å²) in [5.41, 5.74) is 4.62. The van der Waals surface area contributed by atoms with Crippen LogP contribution < -0.4 is 10.9 Å². The molecule has 0 aliphatic carbocycles. The Morgan fingerprint density at radius 1 is 0.939 bits per heavy atom. The first kappa shape index (κ1) is 22.1. The van der Waals surface area contributed by atoms with Crippen LogP contribution in [0.1, 0.15) is 41.4 Å². The maximum absolute atomic E-state index is 13.8. The Kier molecular flexibility index (Phi) is 5.92. The van der Waals surface area contributed by atoms with Crippen molar-refractivity contribution in [1.29, 1.82) is 0 Å². The number of nitrogens with one attached hydrogen (secondary N) is 1. The SMILES string of the molecule is CC(=O)Nc1ccccc1-c1nc2ccccc2n([C@@H](C)C(=O)c2ccc(C)c(C)c2)c1=O. The van der Waals surface area contributed by atoms with Crippen molar-refractivity contribution in [3.05, 3.63) is 93.8 Å². The predicted molar refractivity (Wildman–Crippen MR) is 131 cm³/mol. The fourth-order valence-electron chi connectivity index (χ4n) is 3.96. The summed E-state index contributed by atoms with van der Waals surface area (Å²) in [5.74, 6) is -0.403. The Labute approximate surface area is 191 Å². The number of ketones is 1. The Morgan fingerprint density at radius 2 is 1.64 bits per heavy atom. The number of anilines is 1. The van der Waals surface area contributed by atoms with Crippen LogP contribution in [-0.2, 0) is 4.79 Å². The number of fused-ring (bicyclic) bond motifs is 1. The first-order valence-electron chi connectivity index (χ1n) is 10.8. The molecule has 33 heavy (non-hydrogen) atoms.